The number of alkyl halides is 3. The van der Waals surface area contributed by atoms with Crippen LogP contribution in [0.15, 0.2) is 30.3 Å². The van der Waals surface area contributed by atoms with Crippen molar-refractivity contribution >= 4 is 49.8 Å². The molecule has 0 fully saturated rings. The molecule has 3 nitrogen and oxygen atoms in total. The molecule has 2 aromatic heterocycles. The highest BCUT2D eigenvalue weighted by Gasteiger charge is 2.35. The predicted octanol–water partition coefficient (Wildman–Crippen LogP) is 5.04. The van der Waals surface area contributed by atoms with E-state index in [0.29, 0.717) is 5.56 Å². The summed E-state index contributed by atoms with van der Waals surface area (Å²) in [5.74, 6) is 0. The Morgan fingerprint density at radius 2 is 1.87 bits per heavy atom. The summed E-state index contributed by atoms with van der Waals surface area (Å²) < 4.78 is 41.2. The Labute approximate surface area is 146 Å². The van der Waals surface area contributed by atoms with Crippen molar-refractivity contribution in [1.82, 2.24) is 4.98 Å². The maximum Gasteiger partial charge on any atom is 0.417 e. The van der Waals surface area contributed by atoms with Gasteiger partial charge >= 0.3 is 6.18 Å². The molecule has 0 atom stereocenters. The quantitative estimate of drug-likeness (QED) is 0.534. The van der Waals surface area contributed by atoms with E-state index in [9.17, 15) is 13.2 Å². The molecule has 0 aliphatic rings. The second-order valence-electron chi connectivity index (χ2n) is 4.70. The van der Waals surface area contributed by atoms with Crippen LogP contribution in [-0.2, 0) is 6.18 Å². The fraction of sp³-hybridized carbons (Fsp3) is 0.0667. The Morgan fingerprint density at radius 1 is 1.22 bits per heavy atom. The van der Waals surface area contributed by atoms with Crippen LogP contribution in [0.4, 0.5) is 18.9 Å². The lowest BCUT2D eigenvalue weighted by Crippen LogP contribution is -2.07. The Morgan fingerprint density at radius 3 is 2.43 bits per heavy atom. The van der Waals surface area contributed by atoms with E-state index in [1.54, 1.807) is 24.3 Å². The lowest BCUT2D eigenvalue weighted by molar-refractivity contribution is -0.136. The standard InChI is InChI=1S/C15H7F3IN3S/c16-15(17,18)9-5-10(7-1-3-8(19)4-2-7)22-14-12(9)13(21)11(6-20)23-14/h1-5H,21H2. The molecule has 0 radical (unpaired) electrons. The lowest BCUT2D eigenvalue weighted by atomic mass is 10.1. The van der Waals surface area contributed by atoms with Crippen LogP contribution in [0.25, 0.3) is 21.5 Å². The maximum absolute atomic E-state index is 13.4. The molecule has 3 aromatic rings. The van der Waals surface area contributed by atoms with Crippen LogP contribution < -0.4 is 5.73 Å². The smallest absolute Gasteiger partial charge is 0.396 e. The van der Waals surface area contributed by atoms with Crippen LogP contribution in [0.3, 0.4) is 0 Å². The zero-order valence-corrected chi connectivity index (χ0v) is 14.3. The third-order valence-electron chi connectivity index (χ3n) is 3.25. The molecule has 1 aromatic carbocycles. The van der Waals surface area contributed by atoms with Crippen LogP contribution in [0.1, 0.15) is 10.4 Å². The molecule has 0 aliphatic heterocycles. The SMILES string of the molecule is N#Cc1sc2nc(-c3ccc(I)cc3)cc(C(F)(F)F)c2c1N. The van der Waals surface area contributed by atoms with Gasteiger partial charge in [0.1, 0.15) is 15.8 Å². The Hall–Kier alpha value is -1.86. The van der Waals surface area contributed by atoms with Crippen LogP contribution in [0, 0.1) is 14.9 Å². The molecule has 0 bridgehead atoms. The van der Waals surface area contributed by atoms with Gasteiger partial charge in [-0.15, -0.1) is 11.3 Å². The zero-order valence-electron chi connectivity index (χ0n) is 11.3. The minimum Gasteiger partial charge on any atom is -0.396 e. The third-order valence-corrected chi connectivity index (χ3v) is 4.97. The maximum atomic E-state index is 13.4. The molecule has 0 spiro atoms. The molecule has 0 saturated carbocycles. The van der Waals surface area contributed by atoms with Crippen molar-refractivity contribution in [3.63, 3.8) is 0 Å². The molecular weight excluding hydrogens is 438 g/mol. The van der Waals surface area contributed by atoms with E-state index >= 15 is 0 Å². The van der Waals surface area contributed by atoms with Gasteiger partial charge in [0.05, 0.1) is 16.9 Å². The number of hydrogen-bond donors (Lipinski definition) is 1. The van der Waals surface area contributed by atoms with Gasteiger partial charge in [-0.25, -0.2) is 4.98 Å². The average Bonchev–Trinajstić information content (AvgIpc) is 2.82. The molecular formula is C15H7F3IN3S. The number of nitrogens with zero attached hydrogens (tertiary/aromatic N) is 2. The molecule has 0 amide bonds. The summed E-state index contributed by atoms with van der Waals surface area (Å²) in [6.07, 6.45) is -4.58. The largest absolute Gasteiger partial charge is 0.417 e. The van der Waals surface area contributed by atoms with Gasteiger partial charge in [0.15, 0.2) is 0 Å². The minimum atomic E-state index is -4.58. The number of hydrogen-bond acceptors (Lipinski definition) is 4. The normalized spacial score (nSPS) is 11.6. The highest BCUT2D eigenvalue weighted by atomic mass is 127. The third kappa shape index (κ3) is 2.86. The van der Waals surface area contributed by atoms with Gasteiger partial charge in [0.2, 0.25) is 0 Å². The van der Waals surface area contributed by atoms with Crippen molar-refractivity contribution in [2.45, 2.75) is 6.18 Å². The molecule has 0 unspecified atom stereocenters. The van der Waals surface area contributed by atoms with E-state index in [1.807, 2.05) is 6.07 Å². The number of fused-ring (bicyclic) bond motifs is 1. The number of anilines is 1. The number of thiophene rings is 1. The van der Waals surface area contributed by atoms with Crippen LogP contribution in [-0.4, -0.2) is 4.98 Å². The minimum absolute atomic E-state index is 0.0396. The summed E-state index contributed by atoms with van der Waals surface area (Å²) >= 11 is 2.98. The first kappa shape index (κ1) is 16.0. The van der Waals surface area contributed by atoms with Crippen molar-refractivity contribution in [2.24, 2.45) is 0 Å². The number of halogens is 4. The highest BCUT2D eigenvalue weighted by Crippen LogP contribution is 2.43. The molecule has 23 heavy (non-hydrogen) atoms. The second-order valence-corrected chi connectivity index (χ2v) is 6.94. The summed E-state index contributed by atoms with van der Waals surface area (Å²) in [6, 6.07) is 9.79. The van der Waals surface area contributed by atoms with Gasteiger partial charge in [0, 0.05) is 14.5 Å². The summed E-state index contributed by atoms with van der Waals surface area (Å²) in [5.41, 5.74) is 5.44. The predicted molar refractivity (Wildman–Crippen MR) is 91.9 cm³/mol. The summed E-state index contributed by atoms with van der Waals surface area (Å²) in [5, 5.41) is 8.80. The molecule has 2 N–H and O–H groups in total. The fourth-order valence-corrected chi connectivity index (χ4v) is 3.47. The molecule has 116 valence electrons. The van der Waals surface area contributed by atoms with Crippen LogP contribution in [0.5, 0.6) is 0 Å². The zero-order chi connectivity index (χ0) is 16.8. The first-order valence-corrected chi connectivity index (χ1v) is 8.17. The van der Waals surface area contributed by atoms with E-state index in [1.165, 1.54) is 0 Å². The first-order valence-electron chi connectivity index (χ1n) is 6.27. The molecule has 2 heterocycles. The van der Waals surface area contributed by atoms with Crippen molar-refractivity contribution in [3.8, 4) is 17.3 Å². The number of rotatable bonds is 1. The number of benzene rings is 1. The van der Waals surface area contributed by atoms with E-state index in [2.05, 4.69) is 27.6 Å². The monoisotopic (exact) mass is 445 g/mol. The van der Waals surface area contributed by atoms with Gasteiger partial charge in [-0.2, -0.15) is 18.4 Å². The summed E-state index contributed by atoms with van der Waals surface area (Å²) in [7, 11) is 0. The van der Waals surface area contributed by atoms with Gasteiger partial charge in [-0.3, -0.25) is 0 Å². The molecule has 8 heteroatoms. The van der Waals surface area contributed by atoms with Crippen molar-refractivity contribution in [2.75, 3.05) is 5.73 Å². The van der Waals surface area contributed by atoms with Gasteiger partial charge < -0.3 is 5.73 Å². The van der Waals surface area contributed by atoms with Crippen molar-refractivity contribution < 1.29 is 13.2 Å². The second kappa shape index (κ2) is 5.65. The van der Waals surface area contributed by atoms with Crippen molar-refractivity contribution in [1.29, 1.82) is 5.26 Å². The first-order chi connectivity index (χ1) is 10.8. The Kier molecular flexibility index (Phi) is 3.93. The van der Waals surface area contributed by atoms with Gasteiger partial charge in [-0.05, 0) is 40.8 Å². The van der Waals surface area contributed by atoms with Crippen LogP contribution in [0.2, 0.25) is 0 Å². The Bertz CT molecular complexity index is 940. The topological polar surface area (TPSA) is 62.7 Å². The van der Waals surface area contributed by atoms with E-state index in [-0.39, 0.29) is 26.5 Å². The highest BCUT2D eigenvalue weighted by molar-refractivity contribution is 14.1. The lowest BCUT2D eigenvalue weighted by Gasteiger charge is -2.11. The molecule has 0 saturated heterocycles. The van der Waals surface area contributed by atoms with Gasteiger partial charge in [0.25, 0.3) is 0 Å². The number of pyridine rings is 1. The van der Waals surface area contributed by atoms with Gasteiger partial charge in [-0.1, -0.05) is 12.1 Å². The Balaban J connectivity index is 2.34. The molecule has 0 aliphatic carbocycles. The van der Waals surface area contributed by atoms with E-state index in [4.69, 9.17) is 11.0 Å². The number of nitrogen functional groups attached to an aromatic ring is 1. The average molecular weight is 445 g/mol. The summed E-state index contributed by atoms with van der Waals surface area (Å²) in [6.45, 7) is 0. The number of nitriles is 1. The number of aromatic nitrogens is 1. The van der Waals surface area contributed by atoms with E-state index in [0.717, 1.165) is 21.0 Å². The summed E-state index contributed by atoms with van der Waals surface area (Å²) in [4.78, 5) is 4.42. The van der Waals surface area contributed by atoms with E-state index < -0.39 is 11.7 Å². The number of nitrogens with two attached hydrogens (primary N) is 1. The fourth-order valence-electron chi connectivity index (χ4n) is 2.20. The van der Waals surface area contributed by atoms with Crippen molar-refractivity contribution in [3.05, 3.63) is 44.3 Å². The van der Waals surface area contributed by atoms with Crippen LogP contribution >= 0.6 is 33.9 Å². The molecule has 3 rings (SSSR count).